The maximum absolute atomic E-state index is 8.47. The van der Waals surface area contributed by atoms with Crippen LogP contribution in [0.5, 0.6) is 11.5 Å². The Bertz CT molecular complexity index is 3910. The molecule has 350 valence electrons. The number of rotatable bonds is 9. The molecule has 7 heteroatoms. The molecule has 8 aromatic carbocycles. The molecule has 0 fully saturated rings. The van der Waals surface area contributed by atoms with E-state index in [1.54, 1.807) is 12.1 Å². The Hall–Kier alpha value is -7.92. The molecule has 0 N–H and O–H groups in total. The summed E-state index contributed by atoms with van der Waals surface area (Å²) in [6.07, 6.45) is 3.66. The van der Waals surface area contributed by atoms with Crippen LogP contribution in [0, 0.1) is 25.7 Å². The molecule has 0 saturated heterocycles. The largest absolute Gasteiger partial charge is 0.503 e. The van der Waals surface area contributed by atoms with Gasteiger partial charge in [-0.2, -0.15) is 12.7 Å². The summed E-state index contributed by atoms with van der Waals surface area (Å²) in [4.78, 5) is 9.28. The minimum atomic E-state index is -0.413. The van der Waals surface area contributed by atoms with Crippen LogP contribution in [0.4, 0.5) is 0 Å². The van der Waals surface area contributed by atoms with Crippen LogP contribution < -0.4 is 4.74 Å². The van der Waals surface area contributed by atoms with Crippen molar-refractivity contribution < 1.29 is 37.4 Å². The third-order valence-electron chi connectivity index (χ3n) is 13.1. The summed E-state index contributed by atoms with van der Waals surface area (Å²) in [6, 6.07) is 59.0. The first kappa shape index (κ1) is 39.9. The Morgan fingerprint density at radius 3 is 2.00 bits per heavy atom. The van der Waals surface area contributed by atoms with E-state index in [2.05, 4.69) is 164 Å². The number of nitrogens with zero attached hydrogens (tertiary/aromatic N) is 4. The van der Waals surface area contributed by atoms with Crippen molar-refractivity contribution in [3.05, 3.63) is 247 Å². The molecule has 0 unspecified atom stereocenters. The van der Waals surface area contributed by atoms with E-state index >= 15 is 0 Å². The molecule has 12 rings (SSSR count). The van der Waals surface area contributed by atoms with Crippen LogP contribution in [-0.2, 0) is 31.2 Å². The molecule has 0 aliphatic carbocycles. The molecule has 10 aromatic rings. The minimum Gasteiger partial charge on any atom is -0.503 e. The fourth-order valence-electron chi connectivity index (χ4n) is 9.64. The molecule has 4 heterocycles. The van der Waals surface area contributed by atoms with Gasteiger partial charge in [0.1, 0.15) is 5.82 Å². The Morgan fingerprint density at radius 1 is 0.648 bits per heavy atom. The predicted octanol–water partition coefficient (Wildman–Crippen LogP) is 15.9. The van der Waals surface area contributed by atoms with Gasteiger partial charge in [0.05, 0.1) is 18.8 Å². The standard InChI is InChI=1S/C64H49N4O2.Pt/c1-42-34-60(65-39-56(42)47-30-28-44(29-31-47)43-18-9-6-10-19-43)68-57-27-16-15-24-54(57)55-33-32-50(38-58(55)68)70-51-36-48(35-49(37-51)64(2,3)4)59-40-69-63-62(66(5)41-67(59)63)61-52(45-20-11-7-12-21-45)25-17-26-53(61)46-22-13-8-14-23-46;/h6-35,37,39-41H,1-5H3;/q-3;/i6D,9D,10D,18D,19D;. The third-order valence-corrected chi connectivity index (χ3v) is 13.1. The van der Waals surface area contributed by atoms with Crippen LogP contribution in [0.1, 0.15) is 49.9 Å². The van der Waals surface area contributed by atoms with Crippen LogP contribution in [-0.4, -0.2) is 26.4 Å². The van der Waals surface area contributed by atoms with E-state index in [0.29, 0.717) is 28.8 Å². The molecule has 2 aromatic heterocycles. The van der Waals surface area contributed by atoms with Crippen molar-refractivity contribution in [2.75, 3.05) is 7.05 Å². The molecule has 0 bridgehead atoms. The fourth-order valence-corrected chi connectivity index (χ4v) is 9.64. The topological polar surface area (TPSA) is 42.8 Å². The van der Waals surface area contributed by atoms with Crippen LogP contribution in [0.2, 0.25) is 0 Å². The second-order valence-corrected chi connectivity index (χ2v) is 18.7. The van der Waals surface area contributed by atoms with Gasteiger partial charge in [-0.25, -0.2) is 4.98 Å². The molecular formula is C64H49N4O2Pt-3. The summed E-state index contributed by atoms with van der Waals surface area (Å²) < 4.78 is 56.8. The zero-order valence-corrected chi connectivity index (χ0v) is 41.9. The zero-order valence-electron chi connectivity index (χ0n) is 44.7. The second-order valence-electron chi connectivity index (χ2n) is 18.7. The first-order valence-corrected chi connectivity index (χ1v) is 23.3. The number of ether oxygens (including phenoxy) is 2. The smallest absolute Gasteiger partial charge is 0.184 e. The summed E-state index contributed by atoms with van der Waals surface area (Å²) in [7, 11) is 2.07. The van der Waals surface area contributed by atoms with Crippen LogP contribution in [0.3, 0.4) is 0 Å². The number of pyridine rings is 1. The van der Waals surface area contributed by atoms with Crippen molar-refractivity contribution in [1.29, 1.82) is 0 Å². The van der Waals surface area contributed by atoms with Gasteiger partial charge in [0.25, 0.3) is 0 Å². The number of hydrogen-bond donors (Lipinski definition) is 0. The van der Waals surface area contributed by atoms with Gasteiger partial charge in [-0.05, 0) is 87.1 Å². The molecule has 2 aliphatic heterocycles. The molecule has 6 nitrogen and oxygen atoms in total. The minimum absolute atomic E-state index is 0. The van der Waals surface area contributed by atoms with Crippen molar-refractivity contribution in [3.63, 3.8) is 0 Å². The monoisotopic (exact) mass is 1110 g/mol. The number of aromatic nitrogens is 2. The first-order valence-electron chi connectivity index (χ1n) is 25.8. The van der Waals surface area contributed by atoms with Crippen LogP contribution >= 0.6 is 0 Å². The average Bonchev–Trinajstić information content (AvgIpc) is 4.09. The number of hydrogen-bond acceptors (Lipinski definition) is 5. The molecule has 0 amide bonds. The SMILES string of the molecule is [2H]c1c([2H])c([2H])c(-c2ccc(-c3cnc(-n4c5[c-]c(Oc6[c-]c(C7=COC8=C(c9c(-c%10ccccc%10)cccc9-c9ccccc9)N(C)[CH-]N78)cc(C(C)(C)C)c6)ccc5c5ccccc54)cc3C)cc2)c([2H])c1[2H].[Pt]. The summed E-state index contributed by atoms with van der Waals surface area (Å²) >= 11 is 0. The van der Waals surface area contributed by atoms with E-state index in [1.807, 2.05) is 61.8 Å². The zero-order chi connectivity index (χ0) is 51.9. The number of benzene rings is 8. The van der Waals surface area contributed by atoms with E-state index in [9.17, 15) is 0 Å². The van der Waals surface area contributed by atoms with Gasteiger partial charge in [-0.3, -0.25) is 0 Å². The molecule has 0 radical (unpaired) electrons. The predicted molar refractivity (Wildman–Crippen MR) is 284 cm³/mol. The van der Waals surface area contributed by atoms with Gasteiger partial charge in [0, 0.05) is 55.4 Å². The van der Waals surface area contributed by atoms with Gasteiger partial charge in [0.2, 0.25) is 0 Å². The Kier molecular flexibility index (Phi) is 10.4. The van der Waals surface area contributed by atoms with Gasteiger partial charge >= 0.3 is 0 Å². The Morgan fingerprint density at radius 2 is 1.31 bits per heavy atom. The average molecular weight is 1110 g/mol. The van der Waals surface area contributed by atoms with Crippen LogP contribution in [0.25, 0.3) is 83.5 Å². The quantitative estimate of drug-likeness (QED) is 0.135. The summed E-state index contributed by atoms with van der Waals surface area (Å²) in [6.45, 7) is 10.7. The first-order chi connectivity index (χ1) is 36.2. The number of fused-ring (bicyclic) bond motifs is 4. The molecule has 2 aliphatic rings. The number of para-hydroxylation sites is 1. The number of aryl methyl sites for hydroxylation is 1. The van der Waals surface area contributed by atoms with Crippen molar-refractivity contribution in [2.45, 2.75) is 33.1 Å². The van der Waals surface area contributed by atoms with Gasteiger partial charge in [0.15, 0.2) is 5.88 Å². The molecule has 0 spiro atoms. The van der Waals surface area contributed by atoms with Crippen molar-refractivity contribution in [3.8, 4) is 61.8 Å². The van der Waals surface area contributed by atoms with E-state index in [0.717, 1.165) is 88.8 Å². The van der Waals surface area contributed by atoms with E-state index in [1.165, 1.54) is 0 Å². The summed E-state index contributed by atoms with van der Waals surface area (Å²) in [5.41, 5.74) is 14.2. The van der Waals surface area contributed by atoms with Gasteiger partial charge in [-0.1, -0.05) is 190 Å². The van der Waals surface area contributed by atoms with E-state index in [-0.39, 0.29) is 56.2 Å². The van der Waals surface area contributed by atoms with Crippen molar-refractivity contribution >= 4 is 33.2 Å². The van der Waals surface area contributed by atoms with Gasteiger partial charge in [-0.15, -0.1) is 34.7 Å². The molecule has 0 saturated carbocycles. The maximum atomic E-state index is 8.47. The molecular weight excluding hydrogens is 1050 g/mol. The van der Waals surface area contributed by atoms with Crippen LogP contribution in [0.15, 0.2) is 206 Å². The molecule has 71 heavy (non-hydrogen) atoms. The fraction of sp³-hybridized carbons (Fsp3) is 0.0938. The van der Waals surface area contributed by atoms with Crippen molar-refractivity contribution in [2.24, 2.45) is 0 Å². The molecule has 0 atom stereocenters. The van der Waals surface area contributed by atoms with E-state index < -0.39 is 6.04 Å². The Balaban J connectivity index is 0.00000616. The summed E-state index contributed by atoms with van der Waals surface area (Å²) in [5, 5.41) is 2.05. The Labute approximate surface area is 437 Å². The summed E-state index contributed by atoms with van der Waals surface area (Å²) in [5.74, 6) is 2.48. The normalized spacial score (nSPS) is 14.3. The van der Waals surface area contributed by atoms with Gasteiger partial charge < -0.3 is 23.8 Å². The van der Waals surface area contributed by atoms with Crippen molar-refractivity contribution in [1.82, 2.24) is 19.4 Å². The van der Waals surface area contributed by atoms with E-state index in [4.69, 9.17) is 21.3 Å². The third kappa shape index (κ3) is 8.32. The maximum Gasteiger partial charge on any atom is 0.184 e. The second kappa shape index (κ2) is 18.4.